The Balaban J connectivity index is 1.28. The highest BCUT2D eigenvalue weighted by molar-refractivity contribution is 5.80. The molecule has 28 heavy (non-hydrogen) atoms. The minimum Gasteiger partial charge on any atom is -0.336 e. The van der Waals surface area contributed by atoms with Crippen molar-refractivity contribution in [2.75, 3.05) is 19.6 Å². The van der Waals surface area contributed by atoms with Crippen LogP contribution < -0.4 is 0 Å². The molecule has 0 radical (unpaired) electrons. The zero-order chi connectivity index (χ0) is 18.9. The van der Waals surface area contributed by atoms with E-state index < -0.39 is 0 Å². The lowest BCUT2D eigenvalue weighted by Gasteiger charge is -2.36. The summed E-state index contributed by atoms with van der Waals surface area (Å²) in [4.78, 5) is 22.1. The number of aromatic nitrogens is 3. The van der Waals surface area contributed by atoms with Gasteiger partial charge in [-0.2, -0.15) is 5.10 Å². The van der Waals surface area contributed by atoms with Crippen LogP contribution in [0, 0.1) is 5.92 Å². The molecule has 0 N–H and O–H groups in total. The predicted octanol–water partition coefficient (Wildman–Crippen LogP) is 2.55. The van der Waals surface area contributed by atoms with E-state index in [0.717, 1.165) is 49.2 Å². The molecule has 2 aromatic heterocycles. The molecule has 0 unspecified atom stereocenters. The van der Waals surface area contributed by atoms with Crippen molar-refractivity contribution in [3.63, 3.8) is 0 Å². The second-order valence-corrected chi connectivity index (χ2v) is 8.04. The normalized spacial score (nSPS) is 22.5. The summed E-state index contributed by atoms with van der Waals surface area (Å²) in [5, 5.41) is 5.63. The Morgan fingerprint density at radius 1 is 1.04 bits per heavy atom. The third-order valence-electron chi connectivity index (χ3n) is 5.98. The number of hydrogen-bond acceptors (Lipinski definition) is 4. The van der Waals surface area contributed by atoms with Crippen molar-refractivity contribution in [1.82, 2.24) is 24.6 Å². The summed E-state index contributed by atoms with van der Waals surface area (Å²) in [6.45, 7) is 4.02. The van der Waals surface area contributed by atoms with Gasteiger partial charge >= 0.3 is 0 Å². The molecule has 1 amide bonds. The van der Waals surface area contributed by atoms with Crippen molar-refractivity contribution in [3.05, 3.63) is 60.6 Å². The number of piperidine rings is 1. The van der Waals surface area contributed by atoms with Crippen molar-refractivity contribution in [3.8, 4) is 0 Å². The number of hydrogen-bond donors (Lipinski definition) is 0. The van der Waals surface area contributed by atoms with E-state index >= 15 is 0 Å². The van der Waals surface area contributed by atoms with Gasteiger partial charge in [0.05, 0.1) is 11.2 Å². The molecular formula is C22H25N5O. The van der Waals surface area contributed by atoms with Crippen molar-refractivity contribution in [1.29, 1.82) is 0 Å². The van der Waals surface area contributed by atoms with Gasteiger partial charge in [-0.25, -0.2) is 0 Å². The second kappa shape index (κ2) is 7.36. The third-order valence-corrected chi connectivity index (χ3v) is 5.98. The van der Waals surface area contributed by atoms with Gasteiger partial charge in [0.2, 0.25) is 5.91 Å². The number of amides is 1. The molecule has 0 aliphatic carbocycles. The van der Waals surface area contributed by atoms with Gasteiger partial charge in [0, 0.05) is 50.0 Å². The van der Waals surface area contributed by atoms with Crippen LogP contribution in [0.25, 0.3) is 10.9 Å². The first-order chi connectivity index (χ1) is 13.7. The fourth-order valence-electron chi connectivity index (χ4n) is 4.66. The van der Waals surface area contributed by atoms with Crippen molar-refractivity contribution >= 4 is 16.8 Å². The Hall–Kier alpha value is -2.73. The Bertz CT molecular complexity index is 936. The topological polar surface area (TPSA) is 54.3 Å². The van der Waals surface area contributed by atoms with Gasteiger partial charge in [0.25, 0.3) is 0 Å². The minimum absolute atomic E-state index is 0.183. The lowest BCUT2D eigenvalue weighted by Crippen LogP contribution is -2.48. The number of fused-ring (bicyclic) bond motifs is 5. The number of benzene rings is 1. The van der Waals surface area contributed by atoms with Crippen LogP contribution in [0.1, 0.15) is 18.5 Å². The Kier molecular flexibility index (Phi) is 4.56. The Morgan fingerprint density at radius 2 is 1.93 bits per heavy atom. The second-order valence-electron chi connectivity index (χ2n) is 8.04. The zero-order valence-electron chi connectivity index (χ0n) is 15.9. The number of carbonyl (C=O) groups is 1. The van der Waals surface area contributed by atoms with Gasteiger partial charge in [0.1, 0.15) is 6.54 Å². The first kappa shape index (κ1) is 17.4. The van der Waals surface area contributed by atoms with E-state index in [1.807, 2.05) is 48.8 Å². The number of rotatable bonds is 4. The first-order valence-electron chi connectivity index (χ1n) is 10.1. The average molecular weight is 375 g/mol. The molecule has 3 aliphatic rings. The maximum Gasteiger partial charge on any atom is 0.244 e. The van der Waals surface area contributed by atoms with Crippen molar-refractivity contribution < 1.29 is 4.79 Å². The molecule has 1 aromatic carbocycles. The lowest BCUT2D eigenvalue weighted by atomic mass is 9.95. The molecule has 6 rings (SSSR count). The molecule has 3 aromatic rings. The molecule has 144 valence electrons. The maximum absolute atomic E-state index is 13.1. The number of pyridine rings is 1. The molecule has 3 fully saturated rings. The van der Waals surface area contributed by atoms with Crippen LogP contribution in [-0.2, 0) is 17.9 Å². The zero-order valence-corrected chi connectivity index (χ0v) is 15.9. The van der Waals surface area contributed by atoms with Gasteiger partial charge in [0.15, 0.2) is 0 Å². The number of nitrogens with zero attached hydrogens (tertiary/aromatic N) is 5. The molecule has 3 aliphatic heterocycles. The molecule has 6 heteroatoms. The quantitative estimate of drug-likeness (QED) is 0.703. The molecule has 6 nitrogen and oxygen atoms in total. The molecule has 0 spiro atoms. The first-order valence-corrected chi connectivity index (χ1v) is 10.1. The standard InChI is InChI=1S/C22H25N5O/c28-22(16-26-13-18-5-1-2-7-21(18)24-26)27-12-17-8-9-20(27)15-25(11-17)14-19-6-3-4-10-23-19/h1-7,10,13,17,20H,8-9,11-12,14-16H2/t17-,20+/m0/s1. The highest BCUT2D eigenvalue weighted by atomic mass is 16.2. The summed E-state index contributed by atoms with van der Waals surface area (Å²) in [5.41, 5.74) is 2.04. The van der Waals surface area contributed by atoms with Crippen LogP contribution in [0.4, 0.5) is 0 Å². The van der Waals surface area contributed by atoms with Crippen molar-refractivity contribution in [2.24, 2.45) is 5.92 Å². The molecule has 0 saturated carbocycles. The average Bonchev–Trinajstić information content (AvgIpc) is 2.91. The maximum atomic E-state index is 13.1. The van der Waals surface area contributed by atoms with Gasteiger partial charge in [-0.15, -0.1) is 0 Å². The fraction of sp³-hybridized carbons (Fsp3) is 0.409. The Labute approximate surface area is 164 Å². The van der Waals surface area contributed by atoms with E-state index in [4.69, 9.17) is 0 Å². The lowest BCUT2D eigenvalue weighted by molar-refractivity contribution is -0.136. The van der Waals surface area contributed by atoms with E-state index in [-0.39, 0.29) is 5.91 Å². The molecule has 2 bridgehead atoms. The predicted molar refractivity (Wildman–Crippen MR) is 107 cm³/mol. The summed E-state index contributed by atoms with van der Waals surface area (Å²) in [5.74, 6) is 0.727. The summed E-state index contributed by atoms with van der Waals surface area (Å²) in [7, 11) is 0. The van der Waals surface area contributed by atoms with Gasteiger partial charge < -0.3 is 4.90 Å². The monoisotopic (exact) mass is 375 g/mol. The minimum atomic E-state index is 0.183. The van der Waals surface area contributed by atoms with E-state index in [0.29, 0.717) is 18.5 Å². The SMILES string of the molecule is O=C(Cn1cc2ccccc2n1)N1C[C@H]2CC[C@@H]1CN(Cc1ccccn1)C2. The van der Waals surface area contributed by atoms with E-state index in [2.05, 4.69) is 25.9 Å². The highest BCUT2D eigenvalue weighted by Gasteiger charge is 2.37. The van der Waals surface area contributed by atoms with Crippen LogP contribution in [0.15, 0.2) is 54.9 Å². The van der Waals surface area contributed by atoms with Crippen molar-refractivity contribution in [2.45, 2.75) is 32.0 Å². The molecule has 2 atom stereocenters. The van der Waals surface area contributed by atoms with Gasteiger partial charge in [-0.05, 0) is 37.0 Å². The molecular weight excluding hydrogens is 350 g/mol. The van der Waals surface area contributed by atoms with Crippen LogP contribution >= 0.6 is 0 Å². The van der Waals surface area contributed by atoms with Crippen LogP contribution in [0.3, 0.4) is 0 Å². The summed E-state index contributed by atoms with van der Waals surface area (Å²) < 4.78 is 1.79. The molecule has 5 heterocycles. The highest BCUT2D eigenvalue weighted by Crippen LogP contribution is 2.29. The largest absolute Gasteiger partial charge is 0.336 e. The van der Waals surface area contributed by atoms with Gasteiger partial charge in [-0.3, -0.25) is 19.4 Å². The van der Waals surface area contributed by atoms with Crippen LogP contribution in [0.5, 0.6) is 0 Å². The van der Waals surface area contributed by atoms with Crippen LogP contribution in [0.2, 0.25) is 0 Å². The summed E-state index contributed by atoms with van der Waals surface area (Å²) in [6.07, 6.45) is 6.12. The van der Waals surface area contributed by atoms with E-state index in [1.165, 1.54) is 6.42 Å². The number of carbonyl (C=O) groups excluding carboxylic acids is 1. The van der Waals surface area contributed by atoms with E-state index in [1.54, 1.807) is 4.68 Å². The Morgan fingerprint density at radius 3 is 2.79 bits per heavy atom. The fourth-order valence-corrected chi connectivity index (χ4v) is 4.66. The smallest absolute Gasteiger partial charge is 0.244 e. The summed E-state index contributed by atoms with van der Waals surface area (Å²) in [6, 6.07) is 14.4. The summed E-state index contributed by atoms with van der Waals surface area (Å²) >= 11 is 0. The molecule has 3 saturated heterocycles. The third kappa shape index (κ3) is 3.52. The van der Waals surface area contributed by atoms with Crippen LogP contribution in [-0.4, -0.2) is 56.1 Å². The van der Waals surface area contributed by atoms with E-state index in [9.17, 15) is 4.79 Å². The van der Waals surface area contributed by atoms with Gasteiger partial charge in [-0.1, -0.05) is 24.3 Å².